The van der Waals surface area contributed by atoms with Crippen molar-refractivity contribution in [2.24, 2.45) is 5.73 Å². The van der Waals surface area contributed by atoms with Crippen molar-refractivity contribution in [3.63, 3.8) is 0 Å². The van der Waals surface area contributed by atoms with E-state index in [-0.39, 0.29) is 10.9 Å². The number of nitrogens with zero attached hydrogens (tertiary/aromatic N) is 3. The van der Waals surface area contributed by atoms with Crippen molar-refractivity contribution in [1.29, 1.82) is 0 Å². The van der Waals surface area contributed by atoms with E-state index in [1.807, 2.05) is 0 Å². The first-order valence-corrected chi connectivity index (χ1v) is 6.23. The molecular formula is C13H11F3N4S. The lowest BCUT2D eigenvalue weighted by Crippen LogP contribution is -2.17. The second-order valence-electron chi connectivity index (χ2n) is 4.21. The smallest absolute Gasteiger partial charge is 0.389 e. The third-order valence-electron chi connectivity index (χ3n) is 2.77. The van der Waals surface area contributed by atoms with Crippen molar-refractivity contribution in [1.82, 2.24) is 9.97 Å². The normalized spacial score (nSPS) is 11.2. The molecule has 1 aromatic heterocycles. The zero-order valence-electron chi connectivity index (χ0n) is 10.9. The van der Waals surface area contributed by atoms with Crippen LogP contribution in [0, 0.1) is 0 Å². The second kappa shape index (κ2) is 5.65. The first-order valence-electron chi connectivity index (χ1n) is 5.83. The summed E-state index contributed by atoms with van der Waals surface area (Å²) in [5.74, 6) is -0.0482. The quantitative estimate of drug-likeness (QED) is 0.883. The van der Waals surface area contributed by atoms with Gasteiger partial charge in [-0.3, -0.25) is 0 Å². The van der Waals surface area contributed by atoms with Gasteiger partial charge in [0, 0.05) is 24.5 Å². The van der Waals surface area contributed by atoms with E-state index >= 15 is 0 Å². The number of anilines is 2. The average Bonchev–Trinajstić information content (AvgIpc) is 2.46. The minimum atomic E-state index is -4.51. The molecule has 1 aromatic carbocycles. The van der Waals surface area contributed by atoms with Gasteiger partial charge in [-0.15, -0.1) is 0 Å². The molecule has 0 amide bonds. The van der Waals surface area contributed by atoms with E-state index in [9.17, 15) is 13.2 Å². The Morgan fingerprint density at radius 1 is 1.19 bits per heavy atom. The van der Waals surface area contributed by atoms with Gasteiger partial charge in [-0.05, 0) is 30.3 Å². The Kier molecular flexibility index (Phi) is 4.08. The molecular weight excluding hydrogens is 301 g/mol. The van der Waals surface area contributed by atoms with Gasteiger partial charge >= 0.3 is 6.18 Å². The number of aromatic nitrogens is 2. The van der Waals surface area contributed by atoms with Gasteiger partial charge < -0.3 is 10.6 Å². The molecule has 110 valence electrons. The van der Waals surface area contributed by atoms with Crippen LogP contribution in [0.3, 0.4) is 0 Å². The largest absolute Gasteiger partial charge is 0.433 e. The van der Waals surface area contributed by atoms with E-state index in [1.54, 1.807) is 31.3 Å². The second-order valence-corrected chi connectivity index (χ2v) is 4.65. The van der Waals surface area contributed by atoms with Gasteiger partial charge in [-0.2, -0.15) is 13.2 Å². The first-order chi connectivity index (χ1) is 9.79. The SMILES string of the molecule is CN(c1ccc(C(N)=S)cc1)c1nccc(C(F)(F)F)n1. The van der Waals surface area contributed by atoms with E-state index in [4.69, 9.17) is 18.0 Å². The number of hydrogen-bond donors (Lipinski definition) is 1. The van der Waals surface area contributed by atoms with E-state index < -0.39 is 11.9 Å². The van der Waals surface area contributed by atoms with Crippen LogP contribution < -0.4 is 10.6 Å². The Balaban J connectivity index is 2.31. The fourth-order valence-corrected chi connectivity index (χ4v) is 1.77. The summed E-state index contributed by atoms with van der Waals surface area (Å²) < 4.78 is 37.9. The maximum atomic E-state index is 12.6. The fourth-order valence-electron chi connectivity index (χ4n) is 1.63. The Labute approximate surface area is 124 Å². The molecule has 0 aliphatic heterocycles. The molecule has 0 saturated heterocycles. The maximum absolute atomic E-state index is 12.6. The van der Waals surface area contributed by atoms with Crippen LogP contribution in [0.25, 0.3) is 0 Å². The zero-order valence-corrected chi connectivity index (χ0v) is 11.7. The van der Waals surface area contributed by atoms with Gasteiger partial charge in [-0.1, -0.05) is 12.2 Å². The molecule has 2 aromatic rings. The van der Waals surface area contributed by atoms with Crippen LogP contribution in [-0.2, 0) is 6.18 Å². The molecule has 4 nitrogen and oxygen atoms in total. The molecule has 0 radical (unpaired) electrons. The van der Waals surface area contributed by atoms with Crippen molar-refractivity contribution in [3.05, 3.63) is 47.8 Å². The molecule has 2 rings (SSSR count). The maximum Gasteiger partial charge on any atom is 0.433 e. The Morgan fingerprint density at radius 2 is 1.81 bits per heavy atom. The van der Waals surface area contributed by atoms with Crippen molar-refractivity contribution < 1.29 is 13.2 Å². The molecule has 1 heterocycles. The van der Waals surface area contributed by atoms with Crippen LogP contribution >= 0.6 is 12.2 Å². The molecule has 0 fully saturated rings. The highest BCUT2D eigenvalue weighted by Crippen LogP contribution is 2.29. The monoisotopic (exact) mass is 312 g/mol. The highest BCUT2D eigenvalue weighted by atomic mass is 32.1. The molecule has 0 aliphatic rings. The summed E-state index contributed by atoms with van der Waals surface area (Å²) in [7, 11) is 1.57. The Morgan fingerprint density at radius 3 is 2.33 bits per heavy atom. The number of thiocarbonyl (C=S) groups is 1. The predicted octanol–water partition coefficient (Wildman–Crippen LogP) is 2.90. The molecule has 0 saturated carbocycles. The lowest BCUT2D eigenvalue weighted by Gasteiger charge is -2.18. The van der Waals surface area contributed by atoms with Crippen LogP contribution in [0.1, 0.15) is 11.3 Å². The van der Waals surface area contributed by atoms with E-state index in [0.717, 1.165) is 12.3 Å². The van der Waals surface area contributed by atoms with Crippen molar-refractivity contribution in [2.75, 3.05) is 11.9 Å². The van der Waals surface area contributed by atoms with Crippen LogP contribution in [0.4, 0.5) is 24.8 Å². The number of alkyl halides is 3. The molecule has 21 heavy (non-hydrogen) atoms. The van der Waals surface area contributed by atoms with Gasteiger partial charge in [0.2, 0.25) is 5.95 Å². The van der Waals surface area contributed by atoms with Gasteiger partial charge in [0.25, 0.3) is 0 Å². The van der Waals surface area contributed by atoms with Crippen molar-refractivity contribution in [3.8, 4) is 0 Å². The van der Waals surface area contributed by atoms with Gasteiger partial charge in [0.05, 0.1) is 0 Å². The minimum absolute atomic E-state index is 0.0482. The third-order valence-corrected chi connectivity index (χ3v) is 3.01. The molecule has 0 bridgehead atoms. The summed E-state index contributed by atoms with van der Waals surface area (Å²) in [4.78, 5) is 9.06. The predicted molar refractivity (Wildman–Crippen MR) is 77.4 cm³/mol. The standard InChI is InChI=1S/C13H11F3N4S/c1-20(9-4-2-8(3-5-9)11(17)21)12-18-7-6-10(19-12)13(14,15)16/h2-7H,1H3,(H2,17,21). The van der Waals surface area contributed by atoms with Gasteiger partial charge in [0.1, 0.15) is 10.7 Å². The highest BCUT2D eigenvalue weighted by Gasteiger charge is 2.33. The highest BCUT2D eigenvalue weighted by molar-refractivity contribution is 7.80. The molecule has 8 heteroatoms. The van der Waals surface area contributed by atoms with Gasteiger partial charge in [-0.25, -0.2) is 9.97 Å². The zero-order chi connectivity index (χ0) is 15.6. The van der Waals surface area contributed by atoms with Crippen LogP contribution in [0.15, 0.2) is 36.5 Å². The van der Waals surface area contributed by atoms with Crippen LogP contribution in [0.5, 0.6) is 0 Å². The lowest BCUT2D eigenvalue weighted by atomic mass is 10.2. The van der Waals surface area contributed by atoms with E-state index in [1.165, 1.54) is 4.90 Å². The fraction of sp³-hybridized carbons (Fsp3) is 0.154. The van der Waals surface area contributed by atoms with Crippen molar-refractivity contribution in [2.45, 2.75) is 6.18 Å². The topological polar surface area (TPSA) is 55.0 Å². The number of halogens is 3. The summed E-state index contributed by atoms with van der Waals surface area (Å²) in [6, 6.07) is 7.55. The average molecular weight is 312 g/mol. The first kappa shape index (κ1) is 15.2. The molecule has 0 unspecified atom stereocenters. The Bertz CT molecular complexity index is 655. The number of benzene rings is 1. The third kappa shape index (κ3) is 3.46. The summed E-state index contributed by atoms with van der Waals surface area (Å²) in [6.45, 7) is 0. The van der Waals surface area contributed by atoms with Crippen LogP contribution in [-0.4, -0.2) is 22.0 Å². The number of rotatable bonds is 3. The number of hydrogen-bond acceptors (Lipinski definition) is 4. The summed E-state index contributed by atoms with van der Waals surface area (Å²) in [6.07, 6.45) is -3.43. The minimum Gasteiger partial charge on any atom is -0.389 e. The summed E-state index contributed by atoms with van der Waals surface area (Å²) >= 11 is 4.84. The van der Waals surface area contributed by atoms with E-state index in [2.05, 4.69) is 9.97 Å². The summed E-state index contributed by atoms with van der Waals surface area (Å²) in [5, 5.41) is 0. The van der Waals surface area contributed by atoms with Gasteiger partial charge in [0.15, 0.2) is 0 Å². The molecule has 2 N–H and O–H groups in total. The molecule has 0 aliphatic carbocycles. The Hall–Kier alpha value is -2.22. The van der Waals surface area contributed by atoms with Crippen molar-refractivity contribution >= 4 is 28.8 Å². The summed E-state index contributed by atoms with van der Waals surface area (Å²) in [5.41, 5.74) is 5.79. The molecule has 0 spiro atoms. The van der Waals surface area contributed by atoms with Crippen LogP contribution in [0.2, 0.25) is 0 Å². The van der Waals surface area contributed by atoms with E-state index in [0.29, 0.717) is 11.3 Å². The number of nitrogens with two attached hydrogens (primary N) is 1. The lowest BCUT2D eigenvalue weighted by molar-refractivity contribution is -0.141. The molecule has 0 atom stereocenters.